The monoisotopic (exact) mass is 482 g/mol. The van der Waals surface area contributed by atoms with Crippen LogP contribution >= 0.6 is 27.3 Å². The molecule has 1 amide bonds. The highest BCUT2D eigenvalue weighted by Gasteiger charge is 2.21. The Balaban J connectivity index is 1.72. The molecule has 0 saturated carbocycles. The number of nitrogens with zero attached hydrogens (tertiary/aromatic N) is 2. The summed E-state index contributed by atoms with van der Waals surface area (Å²) in [7, 11) is -2.08. The number of rotatable bonds is 8. The number of hydrogen-bond donors (Lipinski definition) is 2. The molecule has 2 heterocycles. The van der Waals surface area contributed by atoms with Gasteiger partial charge in [-0.1, -0.05) is 30.3 Å². The molecule has 2 N–H and O–H groups in total. The Bertz CT molecular complexity index is 1050. The maximum Gasteiger partial charge on any atom is 0.243 e. The molecule has 10 heteroatoms. The quantitative estimate of drug-likeness (QED) is 0.515. The van der Waals surface area contributed by atoms with E-state index in [0.717, 1.165) is 15.6 Å². The highest BCUT2D eigenvalue weighted by atomic mass is 79.9. The van der Waals surface area contributed by atoms with Gasteiger partial charge in [-0.05, 0) is 32.4 Å². The van der Waals surface area contributed by atoms with Gasteiger partial charge in [0.05, 0.1) is 18.7 Å². The molecule has 3 aromatic rings. The van der Waals surface area contributed by atoms with Gasteiger partial charge in [-0.15, -0.1) is 0 Å². The van der Waals surface area contributed by atoms with Crippen LogP contribution in [-0.4, -0.2) is 30.7 Å². The van der Waals surface area contributed by atoms with Gasteiger partial charge in [0.25, 0.3) is 0 Å². The van der Waals surface area contributed by atoms with Crippen molar-refractivity contribution >= 4 is 43.2 Å². The predicted molar refractivity (Wildman–Crippen MR) is 111 cm³/mol. The molecule has 2 aromatic heterocycles. The number of amides is 1. The maximum absolute atomic E-state index is 12.5. The van der Waals surface area contributed by atoms with Crippen LogP contribution in [0.1, 0.15) is 17.2 Å². The second kappa shape index (κ2) is 8.99. The van der Waals surface area contributed by atoms with Crippen molar-refractivity contribution in [2.24, 2.45) is 7.05 Å². The van der Waals surface area contributed by atoms with Crippen LogP contribution in [0.3, 0.4) is 0 Å². The van der Waals surface area contributed by atoms with E-state index < -0.39 is 16.1 Å². The zero-order valence-electron chi connectivity index (χ0n) is 15.0. The minimum Gasteiger partial charge on any atom is -0.348 e. The molecule has 3 rings (SSSR count). The van der Waals surface area contributed by atoms with Crippen molar-refractivity contribution in [2.45, 2.75) is 17.4 Å². The lowest BCUT2D eigenvalue weighted by Crippen LogP contribution is -2.38. The molecule has 0 radical (unpaired) electrons. The molecule has 1 unspecified atom stereocenters. The summed E-state index contributed by atoms with van der Waals surface area (Å²) in [5, 5.41) is 10.6. The number of benzene rings is 1. The van der Waals surface area contributed by atoms with Crippen molar-refractivity contribution in [1.82, 2.24) is 19.8 Å². The fraction of sp³-hybridized carbons (Fsp3) is 0.222. The van der Waals surface area contributed by atoms with E-state index in [2.05, 4.69) is 31.1 Å². The maximum atomic E-state index is 12.5. The van der Waals surface area contributed by atoms with Crippen molar-refractivity contribution < 1.29 is 13.2 Å². The van der Waals surface area contributed by atoms with Crippen molar-refractivity contribution in [3.8, 4) is 0 Å². The molecular formula is C18H19BrN4O3S2. The first-order valence-electron chi connectivity index (χ1n) is 8.38. The molecule has 0 fully saturated rings. The molecule has 28 heavy (non-hydrogen) atoms. The first kappa shape index (κ1) is 20.7. The standard InChI is InChI=1S/C18H19BrN4O3S2/c1-23-10-15(8-20-23)28(25,26)21-9-17(13-5-3-2-4-6-13)22-18(24)7-14-11-27-12-16(14)19/h2-6,8,10-12,17,21H,7,9H2,1H3,(H,22,24). The first-order valence-corrected chi connectivity index (χ1v) is 11.6. The smallest absolute Gasteiger partial charge is 0.243 e. The minimum atomic E-state index is -3.73. The molecule has 1 atom stereocenters. The van der Waals surface area contributed by atoms with Gasteiger partial charge in [0.15, 0.2) is 0 Å². The van der Waals surface area contributed by atoms with Crippen molar-refractivity contribution in [3.05, 3.63) is 69.1 Å². The summed E-state index contributed by atoms with van der Waals surface area (Å²) < 4.78 is 29.8. The van der Waals surface area contributed by atoms with Gasteiger partial charge in [-0.25, -0.2) is 13.1 Å². The summed E-state index contributed by atoms with van der Waals surface area (Å²) in [4.78, 5) is 12.6. The van der Waals surface area contributed by atoms with Gasteiger partial charge in [0, 0.05) is 29.6 Å². The van der Waals surface area contributed by atoms with Crippen LogP contribution in [0.5, 0.6) is 0 Å². The summed E-state index contributed by atoms with van der Waals surface area (Å²) in [6.07, 6.45) is 2.92. The van der Waals surface area contributed by atoms with E-state index in [1.54, 1.807) is 7.05 Å². The van der Waals surface area contributed by atoms with E-state index >= 15 is 0 Å². The Kier molecular flexibility index (Phi) is 6.65. The molecule has 0 saturated heterocycles. The Hall–Kier alpha value is -2.01. The van der Waals surface area contributed by atoms with Gasteiger partial charge in [0.2, 0.25) is 15.9 Å². The highest BCUT2D eigenvalue weighted by molar-refractivity contribution is 9.10. The molecule has 7 nitrogen and oxygen atoms in total. The van der Waals surface area contributed by atoms with Crippen molar-refractivity contribution in [1.29, 1.82) is 0 Å². The summed E-state index contributed by atoms with van der Waals surface area (Å²) in [5.74, 6) is -0.187. The lowest BCUT2D eigenvalue weighted by atomic mass is 10.1. The normalized spacial score (nSPS) is 12.6. The summed E-state index contributed by atoms with van der Waals surface area (Å²) >= 11 is 4.93. The number of carbonyl (C=O) groups excluding carboxylic acids is 1. The summed E-state index contributed by atoms with van der Waals surface area (Å²) in [6.45, 7) is 0.0256. The van der Waals surface area contributed by atoms with Gasteiger partial charge in [-0.2, -0.15) is 16.4 Å². The van der Waals surface area contributed by atoms with Gasteiger partial charge < -0.3 is 5.32 Å². The number of thiophene rings is 1. The third-order valence-corrected chi connectivity index (χ3v) is 7.26. The number of nitrogens with one attached hydrogen (secondary N) is 2. The molecule has 0 aliphatic carbocycles. The molecule has 0 aliphatic rings. The van der Waals surface area contributed by atoms with Gasteiger partial charge >= 0.3 is 0 Å². The van der Waals surface area contributed by atoms with E-state index in [1.165, 1.54) is 28.4 Å². The fourth-order valence-electron chi connectivity index (χ4n) is 2.60. The van der Waals surface area contributed by atoms with E-state index in [0.29, 0.717) is 0 Å². The molecule has 0 bridgehead atoms. The fourth-order valence-corrected chi connectivity index (χ4v) is 5.08. The molecule has 148 valence electrons. The van der Waals surface area contributed by atoms with Crippen LogP contribution in [-0.2, 0) is 28.3 Å². The van der Waals surface area contributed by atoms with Gasteiger partial charge in [0.1, 0.15) is 4.90 Å². The Morgan fingerprint density at radius 2 is 2.04 bits per heavy atom. The van der Waals surface area contributed by atoms with Crippen LogP contribution in [0.25, 0.3) is 0 Å². The van der Waals surface area contributed by atoms with E-state index in [1.807, 2.05) is 41.1 Å². The van der Waals surface area contributed by atoms with Crippen LogP contribution in [0, 0.1) is 0 Å². The van der Waals surface area contributed by atoms with Gasteiger partial charge in [-0.3, -0.25) is 9.48 Å². The Labute approximate surface area is 176 Å². The third-order valence-electron chi connectivity index (χ3n) is 4.05. The van der Waals surface area contributed by atoms with Crippen LogP contribution < -0.4 is 10.0 Å². The second-order valence-electron chi connectivity index (χ2n) is 6.15. The van der Waals surface area contributed by atoms with Crippen molar-refractivity contribution in [2.75, 3.05) is 6.54 Å². The number of hydrogen-bond acceptors (Lipinski definition) is 5. The molecular weight excluding hydrogens is 464 g/mol. The third kappa shape index (κ3) is 5.28. The van der Waals surface area contributed by atoms with E-state index in [4.69, 9.17) is 0 Å². The summed E-state index contributed by atoms with van der Waals surface area (Å²) in [5.41, 5.74) is 1.71. The average molecular weight is 483 g/mol. The lowest BCUT2D eigenvalue weighted by Gasteiger charge is -2.20. The number of carbonyl (C=O) groups is 1. The predicted octanol–water partition coefficient (Wildman–Crippen LogP) is 2.62. The van der Waals surface area contributed by atoms with E-state index in [9.17, 15) is 13.2 Å². The van der Waals surface area contributed by atoms with Crippen LogP contribution in [0.2, 0.25) is 0 Å². The Morgan fingerprint density at radius 1 is 1.29 bits per heavy atom. The zero-order valence-corrected chi connectivity index (χ0v) is 18.2. The largest absolute Gasteiger partial charge is 0.348 e. The highest BCUT2D eigenvalue weighted by Crippen LogP contribution is 2.22. The van der Waals surface area contributed by atoms with Crippen LogP contribution in [0.4, 0.5) is 0 Å². The van der Waals surface area contributed by atoms with Crippen LogP contribution in [0.15, 0.2) is 62.9 Å². The molecule has 0 aliphatic heterocycles. The number of halogens is 1. The molecule has 0 spiro atoms. The first-order chi connectivity index (χ1) is 13.3. The lowest BCUT2D eigenvalue weighted by molar-refractivity contribution is -0.121. The molecule has 1 aromatic carbocycles. The SMILES string of the molecule is Cn1cc(S(=O)(=O)NCC(NC(=O)Cc2cscc2Br)c2ccccc2)cn1. The topological polar surface area (TPSA) is 93.1 Å². The number of sulfonamides is 1. The summed E-state index contributed by atoms with van der Waals surface area (Å²) in [6, 6.07) is 8.76. The zero-order chi connectivity index (χ0) is 20.1. The minimum absolute atomic E-state index is 0.0256. The number of aromatic nitrogens is 2. The Morgan fingerprint density at radius 3 is 2.64 bits per heavy atom. The van der Waals surface area contributed by atoms with E-state index in [-0.39, 0.29) is 23.8 Å². The van der Waals surface area contributed by atoms with Crippen molar-refractivity contribution in [3.63, 3.8) is 0 Å². The number of aryl methyl sites for hydroxylation is 1. The average Bonchev–Trinajstić information content (AvgIpc) is 3.28. The second-order valence-corrected chi connectivity index (χ2v) is 9.52.